The molecule has 1 atom stereocenters. The van der Waals surface area contributed by atoms with Gasteiger partial charge in [0.1, 0.15) is 17.3 Å². The van der Waals surface area contributed by atoms with E-state index in [1.807, 2.05) is 30.3 Å². The largest absolute Gasteiger partial charge is 0.478 e. The van der Waals surface area contributed by atoms with Crippen LogP contribution in [0.1, 0.15) is 28.9 Å². The second-order valence-corrected chi connectivity index (χ2v) is 4.40. The molecule has 3 nitrogen and oxygen atoms in total. The van der Waals surface area contributed by atoms with E-state index in [-0.39, 0.29) is 11.7 Å². The average Bonchev–Trinajstić information content (AvgIpc) is 2.43. The maximum absolute atomic E-state index is 13.8. The zero-order chi connectivity index (χ0) is 14.7. The molecule has 0 bridgehead atoms. The number of carbonyl (C=O) groups is 1. The van der Waals surface area contributed by atoms with Crippen LogP contribution in [0.2, 0.25) is 0 Å². The molecule has 2 aromatic carbocycles. The quantitative estimate of drug-likeness (QED) is 0.892. The van der Waals surface area contributed by atoms with E-state index in [4.69, 9.17) is 5.11 Å². The molecule has 1 unspecified atom stereocenters. The van der Waals surface area contributed by atoms with E-state index in [1.54, 1.807) is 6.92 Å². The molecular formula is C15H13F2NO2. The molecule has 0 radical (unpaired) electrons. The van der Waals surface area contributed by atoms with Crippen LogP contribution in [-0.4, -0.2) is 11.1 Å². The summed E-state index contributed by atoms with van der Waals surface area (Å²) in [5, 5.41) is 11.4. The highest BCUT2D eigenvalue weighted by Crippen LogP contribution is 2.25. The third kappa shape index (κ3) is 2.93. The highest BCUT2D eigenvalue weighted by atomic mass is 19.1. The number of hydrogen-bond donors (Lipinski definition) is 2. The monoisotopic (exact) mass is 277 g/mol. The molecule has 0 aliphatic carbocycles. The predicted molar refractivity (Wildman–Crippen MR) is 71.8 cm³/mol. The molecule has 2 aromatic rings. The lowest BCUT2D eigenvalue weighted by Gasteiger charge is -2.17. The Bertz CT molecular complexity index is 606. The van der Waals surface area contributed by atoms with Crippen molar-refractivity contribution >= 4 is 11.7 Å². The Hall–Kier alpha value is -2.43. The van der Waals surface area contributed by atoms with Gasteiger partial charge in [-0.15, -0.1) is 0 Å². The fraction of sp³-hybridized carbons (Fsp3) is 0.133. The van der Waals surface area contributed by atoms with Gasteiger partial charge in [-0.05, 0) is 24.6 Å². The molecule has 20 heavy (non-hydrogen) atoms. The van der Waals surface area contributed by atoms with Gasteiger partial charge in [0.2, 0.25) is 0 Å². The molecular weight excluding hydrogens is 264 g/mol. The molecule has 5 heteroatoms. The van der Waals surface area contributed by atoms with Crippen molar-refractivity contribution in [2.45, 2.75) is 13.0 Å². The van der Waals surface area contributed by atoms with E-state index in [0.717, 1.165) is 17.7 Å². The average molecular weight is 277 g/mol. The van der Waals surface area contributed by atoms with E-state index >= 15 is 0 Å². The topological polar surface area (TPSA) is 49.3 Å². The summed E-state index contributed by atoms with van der Waals surface area (Å²) in [4.78, 5) is 10.7. The van der Waals surface area contributed by atoms with E-state index in [0.29, 0.717) is 0 Å². The third-order valence-corrected chi connectivity index (χ3v) is 2.95. The molecule has 0 fully saturated rings. The number of rotatable bonds is 4. The summed E-state index contributed by atoms with van der Waals surface area (Å²) in [6.07, 6.45) is 0. The van der Waals surface area contributed by atoms with Crippen LogP contribution in [0.3, 0.4) is 0 Å². The Morgan fingerprint density at radius 1 is 1.15 bits per heavy atom. The van der Waals surface area contributed by atoms with Gasteiger partial charge in [-0.3, -0.25) is 0 Å². The van der Waals surface area contributed by atoms with Crippen LogP contribution in [-0.2, 0) is 0 Å². The van der Waals surface area contributed by atoms with Gasteiger partial charge in [0.05, 0.1) is 5.56 Å². The summed E-state index contributed by atoms with van der Waals surface area (Å²) >= 11 is 0. The molecule has 0 amide bonds. The number of aromatic carboxylic acids is 1. The second kappa shape index (κ2) is 5.69. The summed E-state index contributed by atoms with van der Waals surface area (Å²) < 4.78 is 27.6. The van der Waals surface area contributed by atoms with Gasteiger partial charge in [0.25, 0.3) is 0 Å². The summed E-state index contributed by atoms with van der Waals surface area (Å²) in [5.74, 6) is -3.22. The summed E-state index contributed by atoms with van der Waals surface area (Å²) in [5.41, 5.74) is 0.123. The molecule has 0 heterocycles. The van der Waals surface area contributed by atoms with Crippen molar-refractivity contribution in [1.82, 2.24) is 0 Å². The summed E-state index contributed by atoms with van der Waals surface area (Å²) in [6.45, 7) is 1.76. The Morgan fingerprint density at radius 3 is 2.20 bits per heavy atom. The van der Waals surface area contributed by atoms with Crippen LogP contribution in [0.15, 0.2) is 42.5 Å². The van der Waals surface area contributed by atoms with E-state index in [9.17, 15) is 13.6 Å². The predicted octanol–water partition coefficient (Wildman–Crippen LogP) is 3.84. The number of carboxylic acids is 1. The third-order valence-electron chi connectivity index (χ3n) is 2.95. The lowest BCUT2D eigenvalue weighted by Crippen LogP contribution is -2.11. The maximum Gasteiger partial charge on any atom is 0.335 e. The van der Waals surface area contributed by atoms with Gasteiger partial charge in [0, 0.05) is 6.04 Å². The van der Waals surface area contributed by atoms with Crippen molar-refractivity contribution < 1.29 is 18.7 Å². The SMILES string of the molecule is CC(Nc1c(F)cc(C(=O)O)cc1F)c1ccccc1. The molecule has 0 spiro atoms. The first-order chi connectivity index (χ1) is 9.49. The summed E-state index contributed by atoms with van der Waals surface area (Å²) in [7, 11) is 0. The summed E-state index contributed by atoms with van der Waals surface area (Å²) in [6, 6.07) is 10.5. The van der Waals surface area contributed by atoms with Crippen molar-refractivity contribution in [2.24, 2.45) is 0 Å². The number of carboxylic acid groups (broad SMARTS) is 1. The zero-order valence-electron chi connectivity index (χ0n) is 10.7. The fourth-order valence-corrected chi connectivity index (χ4v) is 1.88. The van der Waals surface area contributed by atoms with Crippen molar-refractivity contribution in [3.05, 3.63) is 65.2 Å². The van der Waals surface area contributed by atoms with Crippen molar-refractivity contribution in [1.29, 1.82) is 0 Å². The second-order valence-electron chi connectivity index (χ2n) is 4.40. The lowest BCUT2D eigenvalue weighted by molar-refractivity contribution is 0.0696. The Kier molecular flexibility index (Phi) is 3.98. The van der Waals surface area contributed by atoms with Gasteiger partial charge in [0.15, 0.2) is 0 Å². The number of halogens is 2. The first-order valence-corrected chi connectivity index (χ1v) is 6.03. The first kappa shape index (κ1) is 14.0. The Labute approximate surface area is 114 Å². The number of hydrogen-bond acceptors (Lipinski definition) is 2. The molecule has 0 aliphatic heterocycles. The van der Waals surface area contributed by atoms with Crippen LogP contribution >= 0.6 is 0 Å². The van der Waals surface area contributed by atoms with E-state index in [1.165, 1.54) is 0 Å². The lowest BCUT2D eigenvalue weighted by atomic mass is 10.1. The van der Waals surface area contributed by atoms with Crippen LogP contribution in [0.5, 0.6) is 0 Å². The van der Waals surface area contributed by atoms with Gasteiger partial charge in [-0.25, -0.2) is 13.6 Å². The molecule has 2 N–H and O–H groups in total. The minimum atomic E-state index is -1.37. The smallest absolute Gasteiger partial charge is 0.335 e. The number of anilines is 1. The Morgan fingerprint density at radius 2 is 1.70 bits per heavy atom. The minimum Gasteiger partial charge on any atom is -0.478 e. The van der Waals surface area contributed by atoms with Crippen molar-refractivity contribution in [3.8, 4) is 0 Å². The number of nitrogens with one attached hydrogen (secondary N) is 1. The molecule has 0 aromatic heterocycles. The highest BCUT2D eigenvalue weighted by molar-refractivity contribution is 5.88. The van der Waals surface area contributed by atoms with Gasteiger partial charge in [-0.1, -0.05) is 30.3 Å². The maximum atomic E-state index is 13.8. The van der Waals surface area contributed by atoms with Crippen LogP contribution in [0, 0.1) is 11.6 Å². The Balaban J connectivity index is 2.28. The molecule has 0 saturated carbocycles. The molecule has 2 rings (SSSR count). The molecule has 0 aliphatic rings. The van der Waals surface area contributed by atoms with Crippen LogP contribution < -0.4 is 5.32 Å². The van der Waals surface area contributed by atoms with Gasteiger partial charge in [-0.2, -0.15) is 0 Å². The van der Waals surface area contributed by atoms with Crippen LogP contribution in [0.25, 0.3) is 0 Å². The van der Waals surface area contributed by atoms with E-state index < -0.39 is 23.2 Å². The fourth-order valence-electron chi connectivity index (χ4n) is 1.88. The zero-order valence-corrected chi connectivity index (χ0v) is 10.7. The van der Waals surface area contributed by atoms with Crippen LogP contribution in [0.4, 0.5) is 14.5 Å². The normalized spacial score (nSPS) is 11.9. The van der Waals surface area contributed by atoms with E-state index in [2.05, 4.69) is 5.32 Å². The highest BCUT2D eigenvalue weighted by Gasteiger charge is 2.16. The standard InChI is InChI=1S/C15H13F2NO2/c1-9(10-5-3-2-4-6-10)18-14-12(16)7-11(15(19)20)8-13(14)17/h2-9,18H,1H3,(H,19,20). The van der Waals surface area contributed by atoms with Gasteiger partial charge < -0.3 is 10.4 Å². The van der Waals surface area contributed by atoms with Gasteiger partial charge >= 0.3 is 5.97 Å². The minimum absolute atomic E-state index is 0.309. The van der Waals surface area contributed by atoms with Crippen molar-refractivity contribution in [2.75, 3.05) is 5.32 Å². The first-order valence-electron chi connectivity index (χ1n) is 6.03. The molecule has 104 valence electrons. The number of benzene rings is 2. The molecule has 0 saturated heterocycles. The van der Waals surface area contributed by atoms with Crippen molar-refractivity contribution in [3.63, 3.8) is 0 Å².